The normalized spacial score (nSPS) is 21.9. The third kappa shape index (κ3) is 3.17. The van der Waals surface area contributed by atoms with Gasteiger partial charge < -0.3 is 10.4 Å². The first kappa shape index (κ1) is 16.5. The van der Waals surface area contributed by atoms with Gasteiger partial charge in [0.2, 0.25) is 0 Å². The Bertz CT molecular complexity index is 566. The Balaban J connectivity index is 2.09. The number of alkyl halides is 3. The van der Waals surface area contributed by atoms with Crippen molar-refractivity contribution in [2.24, 2.45) is 5.92 Å². The Labute approximate surface area is 132 Å². The second kappa shape index (κ2) is 6.28. The second-order valence-corrected chi connectivity index (χ2v) is 6.28. The molecule has 0 radical (unpaired) electrons. The van der Waals surface area contributed by atoms with Gasteiger partial charge in [-0.3, -0.25) is 4.90 Å². The first-order chi connectivity index (χ1) is 10.9. The molecular formula is C16H20F4N2O. The minimum absolute atomic E-state index is 0.0295. The lowest BCUT2D eigenvalue weighted by Gasteiger charge is -2.44. The van der Waals surface area contributed by atoms with E-state index in [1.807, 2.05) is 4.90 Å². The zero-order chi connectivity index (χ0) is 16.6. The number of rotatable bonds is 3. The van der Waals surface area contributed by atoms with E-state index in [0.29, 0.717) is 32.2 Å². The molecule has 2 fully saturated rings. The van der Waals surface area contributed by atoms with Gasteiger partial charge in [-0.1, -0.05) is 6.42 Å². The number of benzene rings is 1. The van der Waals surface area contributed by atoms with Crippen molar-refractivity contribution in [2.45, 2.75) is 31.5 Å². The Morgan fingerprint density at radius 3 is 2.35 bits per heavy atom. The molecule has 0 unspecified atom stereocenters. The van der Waals surface area contributed by atoms with Crippen LogP contribution in [0.1, 0.15) is 36.4 Å². The van der Waals surface area contributed by atoms with Crippen LogP contribution in [0, 0.1) is 11.7 Å². The summed E-state index contributed by atoms with van der Waals surface area (Å²) in [6.07, 6.45) is -2.04. The number of hydrogen-bond donors (Lipinski definition) is 2. The second-order valence-electron chi connectivity index (χ2n) is 6.28. The predicted molar refractivity (Wildman–Crippen MR) is 77.6 cm³/mol. The number of phenols is 1. The summed E-state index contributed by atoms with van der Waals surface area (Å²) in [6.45, 7) is 2.55. The molecule has 128 valence electrons. The highest BCUT2D eigenvalue weighted by Gasteiger charge is 2.43. The maximum Gasteiger partial charge on any atom is 0.416 e. The number of aromatic hydroxyl groups is 1. The van der Waals surface area contributed by atoms with E-state index < -0.39 is 29.3 Å². The Morgan fingerprint density at radius 2 is 1.83 bits per heavy atom. The van der Waals surface area contributed by atoms with Gasteiger partial charge in [0.05, 0.1) is 5.56 Å². The van der Waals surface area contributed by atoms with Crippen molar-refractivity contribution in [3.8, 4) is 5.75 Å². The van der Waals surface area contributed by atoms with E-state index in [0.717, 1.165) is 25.3 Å². The fraction of sp³-hybridized carbons (Fsp3) is 0.625. The highest BCUT2D eigenvalue weighted by Crippen LogP contribution is 2.49. The molecule has 1 aromatic carbocycles. The van der Waals surface area contributed by atoms with Gasteiger partial charge in [-0.05, 0) is 30.9 Å². The molecule has 1 aromatic rings. The van der Waals surface area contributed by atoms with Crippen LogP contribution < -0.4 is 5.32 Å². The molecule has 2 N–H and O–H groups in total. The molecule has 1 aliphatic carbocycles. The maximum atomic E-state index is 13.8. The number of nitrogens with zero attached hydrogens (tertiary/aromatic N) is 1. The molecule has 0 bridgehead atoms. The van der Waals surface area contributed by atoms with Crippen LogP contribution in [0.2, 0.25) is 0 Å². The first-order valence-corrected chi connectivity index (χ1v) is 7.93. The monoisotopic (exact) mass is 332 g/mol. The summed E-state index contributed by atoms with van der Waals surface area (Å²) < 4.78 is 54.0. The van der Waals surface area contributed by atoms with Crippen molar-refractivity contribution in [1.82, 2.24) is 10.2 Å². The molecule has 0 spiro atoms. The van der Waals surface area contributed by atoms with Crippen molar-refractivity contribution in [3.05, 3.63) is 29.1 Å². The Hall–Kier alpha value is -1.34. The Morgan fingerprint density at radius 1 is 1.17 bits per heavy atom. The van der Waals surface area contributed by atoms with E-state index in [2.05, 4.69) is 5.32 Å². The standard InChI is InChI=1S/C16H20F4N2O/c17-12-5-4-11(16(18,19)20)13(15(12)23)14(10-2-1-3-10)22-8-6-21-7-9-22/h4-5,10,14,21,23H,1-3,6-9H2/t14-/m0/s1. The molecule has 1 saturated carbocycles. The number of hydrogen-bond acceptors (Lipinski definition) is 3. The average Bonchev–Trinajstić information content (AvgIpc) is 2.45. The summed E-state index contributed by atoms with van der Waals surface area (Å²) in [4.78, 5) is 1.95. The molecule has 1 saturated heterocycles. The molecule has 1 aliphatic heterocycles. The van der Waals surface area contributed by atoms with Crippen molar-refractivity contribution >= 4 is 0 Å². The molecule has 0 amide bonds. The van der Waals surface area contributed by atoms with Gasteiger partial charge in [-0.25, -0.2) is 4.39 Å². The summed E-state index contributed by atoms with van der Waals surface area (Å²) in [5.74, 6) is -1.82. The van der Waals surface area contributed by atoms with Crippen LogP contribution in [0.3, 0.4) is 0 Å². The minimum atomic E-state index is -4.61. The van der Waals surface area contributed by atoms with Crippen LogP contribution in [-0.4, -0.2) is 36.2 Å². The van der Waals surface area contributed by atoms with Crippen LogP contribution in [0.4, 0.5) is 17.6 Å². The molecule has 3 rings (SSSR count). The summed E-state index contributed by atoms with van der Waals surface area (Å²) in [5.41, 5.74) is -1.21. The van der Waals surface area contributed by atoms with E-state index in [-0.39, 0.29) is 11.5 Å². The molecular weight excluding hydrogens is 312 g/mol. The number of nitrogens with one attached hydrogen (secondary N) is 1. The van der Waals surface area contributed by atoms with Gasteiger partial charge in [0.15, 0.2) is 11.6 Å². The third-order valence-corrected chi connectivity index (χ3v) is 4.91. The summed E-state index contributed by atoms with van der Waals surface area (Å²) in [7, 11) is 0. The van der Waals surface area contributed by atoms with E-state index in [4.69, 9.17) is 0 Å². The summed E-state index contributed by atoms with van der Waals surface area (Å²) in [6, 6.07) is 0.855. The fourth-order valence-corrected chi connectivity index (χ4v) is 3.56. The van der Waals surface area contributed by atoms with E-state index in [1.54, 1.807) is 0 Å². The first-order valence-electron chi connectivity index (χ1n) is 7.93. The zero-order valence-electron chi connectivity index (χ0n) is 12.7. The molecule has 2 aliphatic rings. The van der Waals surface area contributed by atoms with Crippen LogP contribution >= 0.6 is 0 Å². The van der Waals surface area contributed by atoms with E-state index in [9.17, 15) is 22.7 Å². The number of piperazine rings is 1. The quantitative estimate of drug-likeness (QED) is 0.834. The van der Waals surface area contributed by atoms with Gasteiger partial charge >= 0.3 is 6.18 Å². The highest BCUT2D eigenvalue weighted by atomic mass is 19.4. The van der Waals surface area contributed by atoms with Crippen LogP contribution in [0.5, 0.6) is 5.75 Å². The molecule has 1 heterocycles. The lowest BCUT2D eigenvalue weighted by Crippen LogP contribution is -2.48. The van der Waals surface area contributed by atoms with Gasteiger partial charge in [0.25, 0.3) is 0 Å². The topological polar surface area (TPSA) is 35.5 Å². The number of halogens is 4. The van der Waals surface area contributed by atoms with Gasteiger partial charge in [0.1, 0.15) is 0 Å². The molecule has 3 nitrogen and oxygen atoms in total. The van der Waals surface area contributed by atoms with Gasteiger partial charge in [0, 0.05) is 37.8 Å². The lowest BCUT2D eigenvalue weighted by molar-refractivity contribution is -0.139. The fourth-order valence-electron chi connectivity index (χ4n) is 3.56. The summed E-state index contributed by atoms with van der Waals surface area (Å²) >= 11 is 0. The Kier molecular flexibility index (Phi) is 4.51. The lowest BCUT2D eigenvalue weighted by atomic mass is 9.75. The van der Waals surface area contributed by atoms with Crippen molar-refractivity contribution in [2.75, 3.05) is 26.2 Å². The zero-order valence-corrected chi connectivity index (χ0v) is 12.7. The smallest absolute Gasteiger partial charge is 0.416 e. The van der Waals surface area contributed by atoms with Crippen molar-refractivity contribution < 1.29 is 22.7 Å². The third-order valence-electron chi connectivity index (χ3n) is 4.91. The SMILES string of the molecule is Oc1c(F)ccc(C(F)(F)F)c1[C@H](C1CCC1)N1CCNCC1. The highest BCUT2D eigenvalue weighted by molar-refractivity contribution is 5.45. The van der Waals surface area contributed by atoms with Crippen LogP contribution in [-0.2, 0) is 6.18 Å². The predicted octanol–water partition coefficient (Wildman–Crippen LogP) is 3.30. The van der Waals surface area contributed by atoms with Crippen LogP contribution in [0.25, 0.3) is 0 Å². The molecule has 23 heavy (non-hydrogen) atoms. The van der Waals surface area contributed by atoms with Crippen molar-refractivity contribution in [1.29, 1.82) is 0 Å². The minimum Gasteiger partial charge on any atom is -0.505 e. The molecule has 7 heteroatoms. The van der Waals surface area contributed by atoms with Crippen LogP contribution in [0.15, 0.2) is 12.1 Å². The van der Waals surface area contributed by atoms with Gasteiger partial charge in [-0.2, -0.15) is 13.2 Å². The maximum absolute atomic E-state index is 13.8. The summed E-state index contributed by atoms with van der Waals surface area (Å²) in [5, 5.41) is 13.3. The van der Waals surface area contributed by atoms with E-state index >= 15 is 0 Å². The van der Waals surface area contributed by atoms with E-state index in [1.165, 1.54) is 0 Å². The van der Waals surface area contributed by atoms with Crippen molar-refractivity contribution in [3.63, 3.8) is 0 Å². The van der Waals surface area contributed by atoms with Gasteiger partial charge in [-0.15, -0.1) is 0 Å². The largest absolute Gasteiger partial charge is 0.505 e. The molecule has 0 aromatic heterocycles. The molecule has 1 atom stereocenters. The number of phenolic OH excluding ortho intramolecular Hbond substituents is 1. The average molecular weight is 332 g/mol.